The van der Waals surface area contributed by atoms with Crippen LogP contribution in [0.25, 0.3) is 0 Å². The zero-order chi connectivity index (χ0) is 16.8. The second kappa shape index (κ2) is 8.04. The van der Waals surface area contributed by atoms with Crippen molar-refractivity contribution in [3.05, 3.63) is 70.8 Å². The molecule has 3 rings (SSSR count). The minimum Gasteiger partial charge on any atom is -0.391 e. The largest absolute Gasteiger partial charge is 0.391 e. The molecule has 0 N–H and O–H groups in total. The minimum absolute atomic E-state index is 0.110. The van der Waals surface area contributed by atoms with Crippen molar-refractivity contribution in [1.29, 1.82) is 0 Å². The molecule has 1 aliphatic rings. The Balaban J connectivity index is 1.63. The quantitative estimate of drug-likeness (QED) is 0.519. The molecule has 1 aliphatic carbocycles. The number of hydrogen-bond donors (Lipinski definition) is 0. The first-order chi connectivity index (χ1) is 11.7. The van der Waals surface area contributed by atoms with Gasteiger partial charge in [-0.2, -0.15) is 0 Å². The van der Waals surface area contributed by atoms with Crippen LogP contribution in [0.3, 0.4) is 0 Å². The number of rotatable bonds is 5. The van der Waals surface area contributed by atoms with E-state index in [0.717, 1.165) is 17.7 Å². The van der Waals surface area contributed by atoms with E-state index in [9.17, 15) is 8.78 Å². The summed E-state index contributed by atoms with van der Waals surface area (Å²) in [6, 6.07) is 12.0. The van der Waals surface area contributed by atoms with Crippen LogP contribution in [-0.4, -0.2) is 6.21 Å². The molecule has 4 heteroatoms. The van der Waals surface area contributed by atoms with E-state index in [1.54, 1.807) is 6.21 Å². The Morgan fingerprint density at radius 1 is 1.00 bits per heavy atom. The van der Waals surface area contributed by atoms with E-state index in [2.05, 4.69) is 17.3 Å². The van der Waals surface area contributed by atoms with Crippen LogP contribution in [0.15, 0.2) is 47.6 Å². The number of halogens is 2. The smallest absolute Gasteiger partial charge is 0.159 e. The molecule has 1 saturated carbocycles. The molecule has 2 aromatic carbocycles. The van der Waals surface area contributed by atoms with Gasteiger partial charge in [0.25, 0.3) is 0 Å². The highest BCUT2D eigenvalue weighted by Crippen LogP contribution is 2.33. The van der Waals surface area contributed by atoms with Gasteiger partial charge in [0.05, 0.1) is 6.21 Å². The SMILES string of the molecule is Fc1ccc(CON=Cc2ccccc2C2CCCCC2)cc1F. The van der Waals surface area contributed by atoms with Crippen LogP contribution in [0.2, 0.25) is 0 Å². The van der Waals surface area contributed by atoms with Crippen LogP contribution in [0.1, 0.15) is 54.7 Å². The lowest BCUT2D eigenvalue weighted by Gasteiger charge is -2.23. The Labute approximate surface area is 141 Å². The molecule has 1 fully saturated rings. The predicted octanol–water partition coefficient (Wildman–Crippen LogP) is 5.56. The van der Waals surface area contributed by atoms with Crippen molar-refractivity contribution < 1.29 is 13.6 Å². The van der Waals surface area contributed by atoms with Gasteiger partial charge in [0.15, 0.2) is 11.6 Å². The maximum Gasteiger partial charge on any atom is 0.159 e. The highest BCUT2D eigenvalue weighted by Gasteiger charge is 2.17. The van der Waals surface area contributed by atoms with Gasteiger partial charge in [0.2, 0.25) is 0 Å². The zero-order valence-corrected chi connectivity index (χ0v) is 13.6. The van der Waals surface area contributed by atoms with Gasteiger partial charge in [-0.05, 0) is 47.6 Å². The third kappa shape index (κ3) is 4.19. The summed E-state index contributed by atoms with van der Waals surface area (Å²) in [6.07, 6.45) is 8.04. The lowest BCUT2D eigenvalue weighted by atomic mass is 9.82. The summed E-state index contributed by atoms with van der Waals surface area (Å²) in [5.74, 6) is -1.14. The van der Waals surface area contributed by atoms with Gasteiger partial charge in [-0.25, -0.2) is 8.78 Å². The van der Waals surface area contributed by atoms with E-state index in [-0.39, 0.29) is 6.61 Å². The summed E-state index contributed by atoms with van der Waals surface area (Å²) in [5, 5.41) is 4.00. The first kappa shape index (κ1) is 16.6. The fourth-order valence-electron chi connectivity index (χ4n) is 3.25. The van der Waals surface area contributed by atoms with Crippen LogP contribution < -0.4 is 0 Å². The van der Waals surface area contributed by atoms with Crippen LogP contribution in [0, 0.1) is 11.6 Å². The summed E-state index contributed by atoms with van der Waals surface area (Å²) >= 11 is 0. The number of hydrogen-bond acceptors (Lipinski definition) is 2. The minimum atomic E-state index is -0.872. The van der Waals surface area contributed by atoms with Gasteiger partial charge in [-0.1, -0.05) is 54.8 Å². The summed E-state index contributed by atoms with van der Waals surface area (Å²) in [6.45, 7) is 0.110. The maximum absolute atomic E-state index is 13.1. The molecule has 0 bridgehead atoms. The first-order valence-electron chi connectivity index (χ1n) is 8.42. The predicted molar refractivity (Wildman–Crippen MR) is 91.0 cm³/mol. The average Bonchev–Trinajstić information content (AvgIpc) is 2.63. The monoisotopic (exact) mass is 329 g/mol. The Morgan fingerprint density at radius 3 is 2.58 bits per heavy atom. The van der Waals surface area contributed by atoms with Crippen LogP contribution >= 0.6 is 0 Å². The molecule has 24 heavy (non-hydrogen) atoms. The standard InChI is InChI=1S/C20H21F2NO/c21-19-11-10-15(12-20(19)22)14-24-23-13-17-8-4-5-9-18(17)16-6-2-1-3-7-16/h4-5,8-13,16H,1-3,6-7,14H2. The van der Waals surface area contributed by atoms with E-state index in [0.29, 0.717) is 11.5 Å². The molecular formula is C20H21F2NO. The molecule has 0 aliphatic heterocycles. The molecule has 0 spiro atoms. The van der Waals surface area contributed by atoms with Crippen LogP contribution in [0.5, 0.6) is 0 Å². The van der Waals surface area contributed by atoms with Crippen LogP contribution in [-0.2, 0) is 11.4 Å². The molecule has 0 atom stereocenters. The summed E-state index contributed by atoms with van der Waals surface area (Å²) in [4.78, 5) is 5.24. The molecule has 0 radical (unpaired) electrons. The van der Waals surface area contributed by atoms with Crippen LogP contribution in [0.4, 0.5) is 8.78 Å². The van der Waals surface area contributed by atoms with Gasteiger partial charge in [-0.15, -0.1) is 0 Å². The van der Waals surface area contributed by atoms with Gasteiger partial charge >= 0.3 is 0 Å². The topological polar surface area (TPSA) is 21.6 Å². The summed E-state index contributed by atoms with van der Waals surface area (Å²) < 4.78 is 26.0. The fourth-order valence-corrected chi connectivity index (χ4v) is 3.25. The number of nitrogens with zero attached hydrogens (tertiary/aromatic N) is 1. The zero-order valence-electron chi connectivity index (χ0n) is 13.6. The normalized spacial score (nSPS) is 15.8. The van der Waals surface area contributed by atoms with E-state index >= 15 is 0 Å². The van der Waals surface area contributed by atoms with E-state index in [1.165, 1.54) is 43.7 Å². The summed E-state index contributed by atoms with van der Waals surface area (Å²) in [7, 11) is 0. The molecule has 0 saturated heterocycles. The average molecular weight is 329 g/mol. The highest BCUT2D eigenvalue weighted by molar-refractivity contribution is 5.81. The molecule has 0 unspecified atom stereocenters. The fraction of sp³-hybridized carbons (Fsp3) is 0.350. The van der Waals surface area contributed by atoms with Gasteiger partial charge in [-0.3, -0.25) is 0 Å². The van der Waals surface area contributed by atoms with E-state index < -0.39 is 11.6 Å². The maximum atomic E-state index is 13.1. The van der Waals surface area contributed by atoms with E-state index in [4.69, 9.17) is 4.84 Å². The highest BCUT2D eigenvalue weighted by atomic mass is 19.2. The van der Waals surface area contributed by atoms with Gasteiger partial charge < -0.3 is 4.84 Å². The Morgan fingerprint density at radius 2 is 1.79 bits per heavy atom. The molecule has 2 aromatic rings. The third-order valence-electron chi connectivity index (χ3n) is 4.52. The molecule has 2 nitrogen and oxygen atoms in total. The van der Waals surface area contributed by atoms with Crippen molar-refractivity contribution in [2.24, 2.45) is 5.16 Å². The van der Waals surface area contributed by atoms with Crippen molar-refractivity contribution in [3.8, 4) is 0 Å². The van der Waals surface area contributed by atoms with Gasteiger partial charge in [0.1, 0.15) is 6.61 Å². The molecule has 0 aromatic heterocycles. The van der Waals surface area contributed by atoms with Crippen molar-refractivity contribution in [3.63, 3.8) is 0 Å². The Bertz CT molecular complexity index is 709. The van der Waals surface area contributed by atoms with Crippen molar-refractivity contribution in [2.45, 2.75) is 44.6 Å². The lowest BCUT2D eigenvalue weighted by molar-refractivity contribution is 0.132. The molecule has 126 valence electrons. The van der Waals surface area contributed by atoms with Crippen molar-refractivity contribution in [1.82, 2.24) is 0 Å². The molecule has 0 heterocycles. The first-order valence-corrected chi connectivity index (χ1v) is 8.42. The second-order valence-electron chi connectivity index (χ2n) is 6.22. The lowest BCUT2D eigenvalue weighted by Crippen LogP contribution is -2.07. The third-order valence-corrected chi connectivity index (χ3v) is 4.52. The van der Waals surface area contributed by atoms with Crippen molar-refractivity contribution >= 4 is 6.21 Å². The number of oxime groups is 1. The second-order valence-corrected chi connectivity index (χ2v) is 6.22. The number of benzene rings is 2. The van der Waals surface area contributed by atoms with Crippen molar-refractivity contribution in [2.75, 3.05) is 0 Å². The van der Waals surface area contributed by atoms with E-state index in [1.807, 2.05) is 12.1 Å². The molecule has 0 amide bonds. The Kier molecular flexibility index (Phi) is 5.57. The summed E-state index contributed by atoms with van der Waals surface area (Å²) in [5.41, 5.74) is 2.93. The molecular weight excluding hydrogens is 308 g/mol. The Hall–Kier alpha value is -2.23. The van der Waals surface area contributed by atoms with Gasteiger partial charge in [0, 0.05) is 0 Å².